The number of aryl methyl sites for hydroxylation is 2. The minimum absolute atomic E-state index is 0.667. The molecule has 0 N–H and O–H groups in total. The molecule has 0 aliphatic heterocycles. The van der Waals surface area contributed by atoms with Gasteiger partial charge < -0.3 is 4.42 Å². The molecule has 0 saturated carbocycles. The summed E-state index contributed by atoms with van der Waals surface area (Å²) in [6, 6.07) is 8.30. The third kappa shape index (κ3) is 3.14. The van der Waals surface area contributed by atoms with Crippen LogP contribution in [0.3, 0.4) is 0 Å². The largest absolute Gasteiger partial charge is 0.436 e. The molecule has 0 amide bonds. The highest BCUT2D eigenvalue weighted by Crippen LogP contribution is 2.28. The molecule has 0 atom stereocenters. The highest BCUT2D eigenvalue weighted by Gasteiger charge is 2.08. The molecule has 0 fully saturated rings. The third-order valence-electron chi connectivity index (χ3n) is 2.43. The first-order chi connectivity index (χ1) is 8.69. The van der Waals surface area contributed by atoms with E-state index in [2.05, 4.69) is 42.8 Å². The Morgan fingerprint density at radius 3 is 2.61 bits per heavy atom. The molecular weight excluding hydrogens is 242 g/mol. The third-order valence-corrected chi connectivity index (χ3v) is 3.29. The second-order valence-corrected chi connectivity index (χ2v) is 4.96. The SMILES string of the molecule is C=C/C=C\c1nc(Sc2ccc(C)cc2)oc1C. The normalized spacial score (nSPS) is 11.0. The van der Waals surface area contributed by atoms with Gasteiger partial charge in [-0.1, -0.05) is 36.4 Å². The molecule has 0 unspecified atom stereocenters. The average Bonchev–Trinajstić information content (AvgIpc) is 2.70. The van der Waals surface area contributed by atoms with E-state index in [-0.39, 0.29) is 0 Å². The average molecular weight is 257 g/mol. The number of allylic oxidation sites excluding steroid dienone is 2. The van der Waals surface area contributed by atoms with Crippen LogP contribution in [0.4, 0.5) is 0 Å². The van der Waals surface area contributed by atoms with Crippen molar-refractivity contribution in [2.45, 2.75) is 24.0 Å². The Labute approximate surface area is 111 Å². The Kier molecular flexibility index (Phi) is 4.05. The molecule has 1 aromatic carbocycles. The van der Waals surface area contributed by atoms with Gasteiger partial charge in [-0.15, -0.1) is 0 Å². The topological polar surface area (TPSA) is 26.0 Å². The zero-order valence-corrected chi connectivity index (χ0v) is 11.3. The Morgan fingerprint density at radius 2 is 1.94 bits per heavy atom. The van der Waals surface area contributed by atoms with Crippen molar-refractivity contribution in [1.82, 2.24) is 4.98 Å². The Hall–Kier alpha value is -1.74. The van der Waals surface area contributed by atoms with Gasteiger partial charge in [-0.05, 0) is 43.8 Å². The molecule has 18 heavy (non-hydrogen) atoms. The second kappa shape index (κ2) is 5.74. The van der Waals surface area contributed by atoms with Crippen LogP contribution in [0.15, 0.2) is 57.5 Å². The number of aromatic nitrogens is 1. The van der Waals surface area contributed by atoms with E-state index in [0.717, 1.165) is 16.3 Å². The molecular formula is C15H15NOS. The number of hydrogen-bond acceptors (Lipinski definition) is 3. The Bertz CT molecular complexity index is 567. The maximum Gasteiger partial charge on any atom is 0.261 e. The highest BCUT2D eigenvalue weighted by atomic mass is 32.2. The van der Waals surface area contributed by atoms with Crippen LogP contribution in [-0.4, -0.2) is 4.98 Å². The summed E-state index contributed by atoms with van der Waals surface area (Å²) in [6.45, 7) is 7.62. The molecule has 0 spiro atoms. The quantitative estimate of drug-likeness (QED) is 0.746. The summed E-state index contributed by atoms with van der Waals surface area (Å²) in [7, 11) is 0. The Morgan fingerprint density at radius 1 is 1.22 bits per heavy atom. The van der Waals surface area contributed by atoms with E-state index in [1.807, 2.05) is 19.1 Å². The standard InChI is InChI=1S/C15H15NOS/c1-4-5-6-14-12(3)17-15(16-14)18-13-9-7-11(2)8-10-13/h4-10H,1H2,2-3H3/b6-5-. The minimum atomic E-state index is 0.667. The molecule has 1 aromatic heterocycles. The fourth-order valence-corrected chi connectivity index (χ4v) is 2.23. The first kappa shape index (κ1) is 12.7. The van der Waals surface area contributed by atoms with Gasteiger partial charge in [0.2, 0.25) is 0 Å². The molecule has 0 aliphatic rings. The van der Waals surface area contributed by atoms with E-state index >= 15 is 0 Å². The van der Waals surface area contributed by atoms with Crippen LogP contribution in [0.25, 0.3) is 6.08 Å². The van der Waals surface area contributed by atoms with Gasteiger partial charge >= 0.3 is 0 Å². The molecule has 1 heterocycles. The summed E-state index contributed by atoms with van der Waals surface area (Å²) >= 11 is 1.53. The van der Waals surface area contributed by atoms with Crippen molar-refractivity contribution < 1.29 is 4.42 Å². The van der Waals surface area contributed by atoms with Gasteiger partial charge in [0.1, 0.15) is 11.5 Å². The van der Waals surface area contributed by atoms with Gasteiger partial charge in [0.15, 0.2) is 0 Å². The number of nitrogens with zero attached hydrogens (tertiary/aromatic N) is 1. The molecule has 92 valence electrons. The molecule has 2 rings (SSSR count). The lowest BCUT2D eigenvalue weighted by atomic mass is 10.2. The van der Waals surface area contributed by atoms with Crippen LogP contribution in [-0.2, 0) is 0 Å². The van der Waals surface area contributed by atoms with Crippen molar-refractivity contribution in [1.29, 1.82) is 0 Å². The Balaban J connectivity index is 2.17. The van der Waals surface area contributed by atoms with Crippen LogP contribution in [0.5, 0.6) is 0 Å². The van der Waals surface area contributed by atoms with Crippen LogP contribution >= 0.6 is 11.8 Å². The summed E-state index contributed by atoms with van der Waals surface area (Å²) < 4.78 is 5.61. The fraction of sp³-hybridized carbons (Fsp3) is 0.133. The summed E-state index contributed by atoms with van der Waals surface area (Å²) in [5.74, 6) is 0.822. The summed E-state index contributed by atoms with van der Waals surface area (Å²) in [5, 5.41) is 0.667. The van der Waals surface area contributed by atoms with Crippen molar-refractivity contribution in [3.05, 3.63) is 60.0 Å². The van der Waals surface area contributed by atoms with Crippen molar-refractivity contribution in [3.63, 3.8) is 0 Å². The predicted octanol–water partition coefficient (Wildman–Crippen LogP) is 4.64. The second-order valence-electron chi connectivity index (χ2n) is 3.93. The van der Waals surface area contributed by atoms with Gasteiger partial charge in [0.25, 0.3) is 5.22 Å². The first-order valence-electron chi connectivity index (χ1n) is 5.70. The number of benzene rings is 1. The minimum Gasteiger partial charge on any atom is -0.436 e. The maximum absolute atomic E-state index is 5.61. The predicted molar refractivity (Wildman–Crippen MR) is 75.8 cm³/mol. The lowest BCUT2D eigenvalue weighted by Gasteiger charge is -1.96. The monoisotopic (exact) mass is 257 g/mol. The number of rotatable bonds is 4. The lowest BCUT2D eigenvalue weighted by molar-refractivity contribution is 0.431. The van der Waals surface area contributed by atoms with Gasteiger partial charge in [0.05, 0.1) is 0 Å². The van der Waals surface area contributed by atoms with Crippen LogP contribution in [0.1, 0.15) is 17.0 Å². The van der Waals surface area contributed by atoms with Crippen molar-refractivity contribution in [2.24, 2.45) is 0 Å². The molecule has 0 aliphatic carbocycles. The smallest absolute Gasteiger partial charge is 0.261 e. The van der Waals surface area contributed by atoms with Crippen molar-refractivity contribution in [3.8, 4) is 0 Å². The molecule has 0 saturated heterocycles. The van der Waals surface area contributed by atoms with Crippen LogP contribution in [0.2, 0.25) is 0 Å². The van der Waals surface area contributed by atoms with Crippen molar-refractivity contribution in [2.75, 3.05) is 0 Å². The van der Waals surface area contributed by atoms with E-state index in [1.54, 1.807) is 6.08 Å². The summed E-state index contributed by atoms with van der Waals surface area (Å²) in [6.07, 6.45) is 5.47. The van der Waals surface area contributed by atoms with E-state index in [1.165, 1.54) is 17.3 Å². The highest BCUT2D eigenvalue weighted by molar-refractivity contribution is 7.99. The van der Waals surface area contributed by atoms with Gasteiger partial charge in [0, 0.05) is 4.90 Å². The number of hydrogen-bond donors (Lipinski definition) is 0. The molecule has 2 nitrogen and oxygen atoms in total. The zero-order valence-electron chi connectivity index (χ0n) is 10.5. The van der Waals surface area contributed by atoms with Gasteiger partial charge in [-0.25, -0.2) is 4.98 Å². The fourth-order valence-electron chi connectivity index (χ4n) is 1.45. The molecule has 3 heteroatoms. The summed E-state index contributed by atoms with van der Waals surface area (Å²) in [5.41, 5.74) is 2.10. The van der Waals surface area contributed by atoms with Gasteiger partial charge in [-0.3, -0.25) is 0 Å². The summed E-state index contributed by atoms with van der Waals surface area (Å²) in [4.78, 5) is 5.55. The molecule has 0 radical (unpaired) electrons. The van der Waals surface area contributed by atoms with Crippen molar-refractivity contribution >= 4 is 17.8 Å². The van der Waals surface area contributed by atoms with Crippen LogP contribution < -0.4 is 0 Å². The van der Waals surface area contributed by atoms with E-state index in [4.69, 9.17) is 4.42 Å². The van der Waals surface area contributed by atoms with Crippen LogP contribution in [0, 0.1) is 13.8 Å². The molecule has 2 aromatic rings. The van der Waals surface area contributed by atoms with E-state index in [0.29, 0.717) is 5.22 Å². The molecule has 0 bridgehead atoms. The maximum atomic E-state index is 5.61. The number of oxazole rings is 1. The first-order valence-corrected chi connectivity index (χ1v) is 6.52. The van der Waals surface area contributed by atoms with E-state index < -0.39 is 0 Å². The van der Waals surface area contributed by atoms with Gasteiger partial charge in [-0.2, -0.15) is 0 Å². The zero-order chi connectivity index (χ0) is 13.0. The van der Waals surface area contributed by atoms with E-state index in [9.17, 15) is 0 Å². The lowest BCUT2D eigenvalue weighted by Crippen LogP contribution is -1.76.